The van der Waals surface area contributed by atoms with Crippen molar-refractivity contribution in [1.82, 2.24) is 0 Å². The fraction of sp³-hybridized carbons (Fsp3) is 0.125. The number of phenols is 1. The molecule has 0 aliphatic carbocycles. The molecule has 1 aromatic rings. The lowest BCUT2D eigenvalue weighted by Crippen LogP contribution is -1.82. The minimum atomic E-state index is -0.530. The number of hydrogen-bond donors (Lipinski definition) is 1. The van der Waals surface area contributed by atoms with Crippen molar-refractivity contribution in [3.8, 4) is 5.75 Å². The predicted octanol–water partition coefficient (Wildman–Crippen LogP) is 1.81. The molecule has 1 rings (SSSR count). The number of aromatic hydroxyl groups is 1. The fourth-order valence-electron chi connectivity index (χ4n) is 0.801. The molecule has 0 saturated heterocycles. The van der Waals surface area contributed by atoms with Crippen LogP contribution in [0.4, 0.5) is 10.1 Å². The monoisotopic (exact) mass is 167 g/mol. The molecule has 3 nitrogen and oxygen atoms in total. The van der Waals surface area contributed by atoms with Gasteiger partial charge < -0.3 is 5.11 Å². The van der Waals surface area contributed by atoms with Crippen LogP contribution in [-0.2, 0) is 4.79 Å². The summed E-state index contributed by atoms with van der Waals surface area (Å²) in [6.07, 6.45) is 1.26. The summed E-state index contributed by atoms with van der Waals surface area (Å²) in [5.41, 5.74) is 0.107. The van der Waals surface area contributed by atoms with Crippen LogP contribution in [0.15, 0.2) is 17.1 Å². The number of hydrogen-bond acceptors (Lipinski definition) is 3. The average molecular weight is 167 g/mol. The van der Waals surface area contributed by atoms with Crippen molar-refractivity contribution >= 4 is 11.8 Å². The van der Waals surface area contributed by atoms with E-state index in [0.29, 0.717) is 0 Å². The highest BCUT2D eigenvalue weighted by Crippen LogP contribution is 2.30. The molecule has 1 N–H and O–H groups in total. The Balaban J connectivity index is 3.35. The van der Waals surface area contributed by atoms with Crippen LogP contribution in [0.2, 0.25) is 0 Å². The van der Waals surface area contributed by atoms with E-state index in [4.69, 9.17) is 0 Å². The molecule has 12 heavy (non-hydrogen) atoms. The van der Waals surface area contributed by atoms with Crippen LogP contribution in [0.1, 0.15) is 5.56 Å². The van der Waals surface area contributed by atoms with Crippen LogP contribution in [0, 0.1) is 12.7 Å². The Labute approximate surface area is 68.2 Å². The quantitative estimate of drug-likeness (QED) is 0.512. The Kier molecular flexibility index (Phi) is 2.21. The molecule has 0 bridgehead atoms. The van der Waals surface area contributed by atoms with E-state index in [1.807, 2.05) is 0 Å². The van der Waals surface area contributed by atoms with Gasteiger partial charge in [0.25, 0.3) is 0 Å². The van der Waals surface area contributed by atoms with Gasteiger partial charge in [-0.05, 0) is 19.1 Å². The van der Waals surface area contributed by atoms with E-state index >= 15 is 0 Å². The molecule has 0 saturated carbocycles. The zero-order valence-corrected chi connectivity index (χ0v) is 6.34. The minimum absolute atomic E-state index is 0.0314. The van der Waals surface area contributed by atoms with E-state index < -0.39 is 5.82 Å². The summed E-state index contributed by atoms with van der Waals surface area (Å²) in [4.78, 5) is 13.0. The first kappa shape index (κ1) is 8.43. The first-order chi connectivity index (χ1) is 5.66. The largest absolute Gasteiger partial charge is 0.505 e. The van der Waals surface area contributed by atoms with Gasteiger partial charge in [-0.3, -0.25) is 0 Å². The molecule has 0 spiro atoms. The first-order valence-electron chi connectivity index (χ1n) is 3.22. The van der Waals surface area contributed by atoms with Crippen molar-refractivity contribution in [2.45, 2.75) is 6.92 Å². The number of phenolic OH excluding ortho intramolecular Hbond substituents is 1. The van der Waals surface area contributed by atoms with Crippen molar-refractivity contribution in [3.63, 3.8) is 0 Å². The summed E-state index contributed by atoms with van der Waals surface area (Å²) < 4.78 is 12.7. The molecule has 1 aromatic carbocycles. The van der Waals surface area contributed by atoms with Crippen molar-refractivity contribution in [1.29, 1.82) is 0 Å². The van der Waals surface area contributed by atoms with Crippen molar-refractivity contribution in [2.24, 2.45) is 4.99 Å². The highest BCUT2D eigenvalue weighted by Gasteiger charge is 2.07. The summed E-state index contributed by atoms with van der Waals surface area (Å²) in [6.45, 7) is 1.40. The highest BCUT2D eigenvalue weighted by atomic mass is 19.1. The van der Waals surface area contributed by atoms with Gasteiger partial charge in [-0.15, -0.1) is 0 Å². The molecule has 0 aromatic heterocycles. The first-order valence-corrected chi connectivity index (χ1v) is 3.22. The van der Waals surface area contributed by atoms with Crippen LogP contribution in [-0.4, -0.2) is 11.2 Å². The molecular weight excluding hydrogens is 161 g/mol. The minimum Gasteiger partial charge on any atom is -0.505 e. The molecular formula is C8H6FNO2. The van der Waals surface area contributed by atoms with E-state index in [9.17, 15) is 14.3 Å². The lowest BCUT2D eigenvalue weighted by Gasteiger charge is -2.01. The smallest absolute Gasteiger partial charge is 0.240 e. The molecule has 0 fully saturated rings. The summed E-state index contributed by atoms with van der Waals surface area (Å²) >= 11 is 0. The third-order valence-electron chi connectivity index (χ3n) is 1.51. The Morgan fingerprint density at radius 2 is 2.25 bits per heavy atom. The molecule has 0 atom stereocenters. The van der Waals surface area contributed by atoms with Crippen LogP contribution in [0.5, 0.6) is 5.75 Å². The zero-order valence-electron chi connectivity index (χ0n) is 6.34. The Bertz CT molecular complexity index is 356. The van der Waals surface area contributed by atoms with E-state index in [1.165, 1.54) is 19.1 Å². The fourth-order valence-corrected chi connectivity index (χ4v) is 0.801. The molecule has 62 valence electrons. The van der Waals surface area contributed by atoms with Gasteiger partial charge in [-0.2, -0.15) is 4.99 Å². The van der Waals surface area contributed by atoms with E-state index in [2.05, 4.69) is 4.99 Å². The molecule has 0 unspecified atom stereocenters. The number of rotatable bonds is 1. The zero-order chi connectivity index (χ0) is 9.14. The van der Waals surface area contributed by atoms with Crippen molar-refractivity contribution in [2.75, 3.05) is 0 Å². The van der Waals surface area contributed by atoms with Gasteiger partial charge in [0, 0.05) is 5.56 Å². The SMILES string of the molecule is Cc1c(F)ccc(N=C=O)c1O. The van der Waals surface area contributed by atoms with Crippen molar-refractivity contribution in [3.05, 3.63) is 23.5 Å². The lowest BCUT2D eigenvalue weighted by atomic mass is 10.2. The number of aliphatic imine (C=N–C) groups is 1. The van der Waals surface area contributed by atoms with Gasteiger partial charge in [0.05, 0.1) is 0 Å². The van der Waals surface area contributed by atoms with E-state index in [-0.39, 0.29) is 17.0 Å². The van der Waals surface area contributed by atoms with Gasteiger partial charge in [0.1, 0.15) is 17.3 Å². The van der Waals surface area contributed by atoms with Crippen LogP contribution >= 0.6 is 0 Å². The highest BCUT2D eigenvalue weighted by molar-refractivity contribution is 5.59. The van der Waals surface area contributed by atoms with Gasteiger partial charge in [0.2, 0.25) is 6.08 Å². The van der Waals surface area contributed by atoms with Crippen LogP contribution in [0.25, 0.3) is 0 Å². The normalized spacial score (nSPS) is 9.17. The topological polar surface area (TPSA) is 49.7 Å². The second-order valence-corrected chi connectivity index (χ2v) is 2.24. The van der Waals surface area contributed by atoms with Crippen molar-refractivity contribution < 1.29 is 14.3 Å². The molecule has 0 aliphatic heterocycles. The van der Waals surface area contributed by atoms with Crippen LogP contribution < -0.4 is 0 Å². The lowest BCUT2D eigenvalue weighted by molar-refractivity contribution is 0.464. The summed E-state index contributed by atoms with van der Waals surface area (Å²) in [5.74, 6) is -0.851. The van der Waals surface area contributed by atoms with Gasteiger partial charge in [-0.25, -0.2) is 9.18 Å². The molecule has 0 aliphatic rings. The van der Waals surface area contributed by atoms with Crippen LogP contribution in [0.3, 0.4) is 0 Å². The number of isocyanates is 1. The van der Waals surface area contributed by atoms with Gasteiger partial charge in [0.15, 0.2) is 0 Å². The molecule has 0 heterocycles. The van der Waals surface area contributed by atoms with E-state index in [0.717, 1.165) is 6.07 Å². The third kappa shape index (κ3) is 1.33. The number of halogens is 1. The summed E-state index contributed by atoms with van der Waals surface area (Å²) in [7, 11) is 0. The second kappa shape index (κ2) is 3.15. The predicted molar refractivity (Wildman–Crippen MR) is 40.6 cm³/mol. The molecule has 0 amide bonds. The van der Waals surface area contributed by atoms with Gasteiger partial charge >= 0.3 is 0 Å². The number of nitrogens with zero attached hydrogens (tertiary/aromatic N) is 1. The third-order valence-corrected chi connectivity index (χ3v) is 1.51. The summed E-state index contributed by atoms with van der Waals surface area (Å²) in [5, 5.41) is 9.20. The van der Waals surface area contributed by atoms with E-state index in [1.54, 1.807) is 0 Å². The second-order valence-electron chi connectivity index (χ2n) is 2.24. The molecule has 0 radical (unpaired) electrons. The number of benzene rings is 1. The molecule has 4 heteroatoms. The maximum Gasteiger partial charge on any atom is 0.240 e. The number of carbonyl (C=O) groups excluding carboxylic acids is 1. The average Bonchev–Trinajstić information content (AvgIpc) is 2.07. The Morgan fingerprint density at radius 3 is 2.83 bits per heavy atom. The standard InChI is InChI=1S/C8H6FNO2/c1-5-6(9)2-3-7(8(5)12)10-4-11/h2-3,12H,1H3. The Morgan fingerprint density at radius 1 is 1.58 bits per heavy atom. The maximum absolute atomic E-state index is 12.7. The van der Waals surface area contributed by atoms with Gasteiger partial charge in [-0.1, -0.05) is 0 Å². The summed E-state index contributed by atoms with van der Waals surface area (Å²) in [6, 6.07) is 2.34. The Hall–Kier alpha value is -1.67. The maximum atomic E-state index is 12.7.